The molecule has 0 amide bonds. The summed E-state index contributed by atoms with van der Waals surface area (Å²) in [6.07, 6.45) is 3.45. The number of aromatic nitrogens is 4. The summed E-state index contributed by atoms with van der Waals surface area (Å²) in [5.74, 6) is 1.45. The van der Waals surface area contributed by atoms with Crippen LogP contribution in [0, 0.1) is 17.6 Å². The Morgan fingerprint density at radius 3 is 2.95 bits per heavy atom. The van der Waals surface area contributed by atoms with Gasteiger partial charge in [0.15, 0.2) is 10.6 Å². The topological polar surface area (TPSA) is 46.5 Å². The smallest absolute Gasteiger partial charge is 0.195 e. The van der Waals surface area contributed by atoms with E-state index in [0.29, 0.717) is 10.7 Å². The maximum atomic E-state index is 5.36. The van der Waals surface area contributed by atoms with Gasteiger partial charge in [-0.05, 0) is 56.0 Å². The van der Waals surface area contributed by atoms with Crippen molar-refractivity contribution in [2.24, 2.45) is 5.92 Å². The predicted octanol–water partition coefficient (Wildman–Crippen LogP) is 3.46. The van der Waals surface area contributed by atoms with Crippen molar-refractivity contribution in [2.45, 2.75) is 46.6 Å². The molecule has 0 spiro atoms. The van der Waals surface area contributed by atoms with Gasteiger partial charge in [-0.15, -0.1) is 0 Å². The van der Waals surface area contributed by atoms with Crippen molar-refractivity contribution >= 4 is 12.2 Å². The highest BCUT2D eigenvalue weighted by Crippen LogP contribution is 2.28. The Bertz CT molecular complexity index is 696. The molecule has 2 heterocycles. The average molecular weight is 288 g/mol. The number of H-pyrrole nitrogens is 1. The summed E-state index contributed by atoms with van der Waals surface area (Å²) in [6.45, 7) is 7.31. The van der Waals surface area contributed by atoms with Crippen molar-refractivity contribution in [1.29, 1.82) is 0 Å². The van der Waals surface area contributed by atoms with E-state index in [9.17, 15) is 0 Å². The van der Waals surface area contributed by atoms with Gasteiger partial charge in [0.1, 0.15) is 0 Å². The van der Waals surface area contributed by atoms with E-state index in [4.69, 9.17) is 17.2 Å². The number of rotatable bonds is 3. The minimum atomic E-state index is 0.528. The van der Waals surface area contributed by atoms with E-state index in [1.807, 2.05) is 0 Å². The SMILES string of the molecule is Cc1nc2c(cc1-c1n[nH]c(=S)n1CC(C)C)CCC2. The lowest BCUT2D eigenvalue weighted by Crippen LogP contribution is -2.08. The lowest BCUT2D eigenvalue weighted by atomic mass is 10.1. The number of pyridine rings is 1. The van der Waals surface area contributed by atoms with Crippen LogP contribution in [0.5, 0.6) is 0 Å². The fourth-order valence-electron chi connectivity index (χ4n) is 2.86. The molecule has 0 aliphatic heterocycles. The second-order valence-corrected chi connectivity index (χ2v) is 6.32. The Balaban J connectivity index is 2.12. The molecule has 3 rings (SSSR count). The zero-order chi connectivity index (χ0) is 14.3. The van der Waals surface area contributed by atoms with E-state index in [1.165, 1.54) is 17.7 Å². The third-order valence-electron chi connectivity index (χ3n) is 3.79. The van der Waals surface area contributed by atoms with Crippen LogP contribution >= 0.6 is 12.2 Å². The Kier molecular flexibility index (Phi) is 3.46. The van der Waals surface area contributed by atoms with Crippen LogP contribution in [0.25, 0.3) is 11.4 Å². The third kappa shape index (κ3) is 2.30. The molecule has 1 aliphatic carbocycles. The molecule has 4 nitrogen and oxygen atoms in total. The lowest BCUT2D eigenvalue weighted by molar-refractivity contribution is 0.521. The molecule has 0 unspecified atom stereocenters. The van der Waals surface area contributed by atoms with Crippen LogP contribution in [0.3, 0.4) is 0 Å². The van der Waals surface area contributed by atoms with E-state index < -0.39 is 0 Å². The minimum Gasteiger partial charge on any atom is -0.300 e. The first-order chi connectivity index (χ1) is 9.56. The van der Waals surface area contributed by atoms with Gasteiger partial charge in [-0.1, -0.05) is 13.8 Å². The molecule has 0 radical (unpaired) electrons. The normalized spacial score (nSPS) is 14.0. The fraction of sp³-hybridized carbons (Fsp3) is 0.533. The maximum absolute atomic E-state index is 5.36. The first kappa shape index (κ1) is 13.5. The minimum absolute atomic E-state index is 0.528. The molecule has 0 aromatic carbocycles. The molecule has 2 aromatic rings. The molecule has 2 aromatic heterocycles. The van der Waals surface area contributed by atoms with Crippen molar-refractivity contribution in [3.63, 3.8) is 0 Å². The standard InChI is InChI=1S/C15H20N4S/c1-9(2)8-19-14(17-18-15(19)20)12-7-11-5-4-6-13(11)16-10(12)3/h7,9H,4-6,8H2,1-3H3,(H,18,20). The van der Waals surface area contributed by atoms with Gasteiger partial charge in [0.2, 0.25) is 0 Å². The van der Waals surface area contributed by atoms with Crippen LogP contribution in [-0.2, 0) is 19.4 Å². The van der Waals surface area contributed by atoms with Crippen molar-refractivity contribution in [3.05, 3.63) is 27.8 Å². The first-order valence-electron chi connectivity index (χ1n) is 7.21. The van der Waals surface area contributed by atoms with Crippen molar-refractivity contribution in [3.8, 4) is 11.4 Å². The van der Waals surface area contributed by atoms with E-state index in [2.05, 4.69) is 41.6 Å². The molecule has 0 bridgehead atoms. The molecule has 20 heavy (non-hydrogen) atoms. The van der Waals surface area contributed by atoms with Gasteiger partial charge in [-0.3, -0.25) is 14.6 Å². The first-order valence-corrected chi connectivity index (χ1v) is 7.62. The highest BCUT2D eigenvalue weighted by Gasteiger charge is 2.18. The Labute approximate surface area is 124 Å². The molecule has 1 N–H and O–H groups in total. The summed E-state index contributed by atoms with van der Waals surface area (Å²) in [5, 5.41) is 7.36. The Hall–Kier alpha value is -1.49. The van der Waals surface area contributed by atoms with Crippen LogP contribution in [0.4, 0.5) is 0 Å². The van der Waals surface area contributed by atoms with Gasteiger partial charge in [0.25, 0.3) is 0 Å². The molecular formula is C15H20N4S. The molecular weight excluding hydrogens is 268 g/mol. The number of aromatic amines is 1. The summed E-state index contributed by atoms with van der Waals surface area (Å²) < 4.78 is 2.78. The maximum Gasteiger partial charge on any atom is 0.195 e. The molecule has 0 saturated heterocycles. The number of fused-ring (bicyclic) bond motifs is 1. The lowest BCUT2D eigenvalue weighted by Gasteiger charge is -2.12. The summed E-state index contributed by atoms with van der Waals surface area (Å²) >= 11 is 5.36. The average Bonchev–Trinajstić information content (AvgIpc) is 2.96. The van der Waals surface area contributed by atoms with Gasteiger partial charge in [-0.25, -0.2) is 0 Å². The monoisotopic (exact) mass is 288 g/mol. The fourth-order valence-corrected chi connectivity index (χ4v) is 3.07. The number of nitrogens with one attached hydrogen (secondary N) is 1. The van der Waals surface area contributed by atoms with Gasteiger partial charge in [0, 0.05) is 23.5 Å². The summed E-state index contributed by atoms with van der Waals surface area (Å²) in [6, 6.07) is 2.26. The van der Waals surface area contributed by atoms with E-state index >= 15 is 0 Å². The predicted molar refractivity (Wildman–Crippen MR) is 82.2 cm³/mol. The summed E-state index contributed by atoms with van der Waals surface area (Å²) in [4.78, 5) is 4.76. The van der Waals surface area contributed by atoms with E-state index in [1.54, 1.807) is 0 Å². The van der Waals surface area contributed by atoms with Crippen molar-refractivity contribution in [2.75, 3.05) is 0 Å². The van der Waals surface area contributed by atoms with Crippen LogP contribution in [0.15, 0.2) is 6.07 Å². The molecule has 0 saturated carbocycles. The number of aryl methyl sites for hydroxylation is 3. The summed E-state index contributed by atoms with van der Waals surface area (Å²) in [7, 11) is 0. The van der Waals surface area contributed by atoms with Crippen molar-refractivity contribution < 1.29 is 0 Å². The zero-order valence-corrected chi connectivity index (χ0v) is 13.0. The molecule has 5 heteroatoms. The van der Waals surface area contributed by atoms with Crippen molar-refractivity contribution in [1.82, 2.24) is 19.7 Å². The van der Waals surface area contributed by atoms with Gasteiger partial charge in [0.05, 0.1) is 0 Å². The number of hydrogen-bond donors (Lipinski definition) is 1. The molecule has 1 aliphatic rings. The van der Waals surface area contributed by atoms with Gasteiger partial charge in [-0.2, -0.15) is 5.10 Å². The van der Waals surface area contributed by atoms with E-state index in [-0.39, 0.29) is 0 Å². The van der Waals surface area contributed by atoms with Crippen LogP contribution < -0.4 is 0 Å². The largest absolute Gasteiger partial charge is 0.300 e. The zero-order valence-electron chi connectivity index (χ0n) is 12.2. The Morgan fingerprint density at radius 1 is 1.40 bits per heavy atom. The van der Waals surface area contributed by atoms with Crippen LogP contribution in [0.2, 0.25) is 0 Å². The highest BCUT2D eigenvalue weighted by molar-refractivity contribution is 7.71. The second-order valence-electron chi connectivity index (χ2n) is 5.94. The van der Waals surface area contributed by atoms with Crippen LogP contribution in [0.1, 0.15) is 37.2 Å². The summed E-state index contributed by atoms with van der Waals surface area (Å²) in [5.41, 5.74) is 4.79. The molecule has 106 valence electrons. The second kappa shape index (κ2) is 5.13. The number of nitrogens with zero attached hydrogens (tertiary/aromatic N) is 3. The van der Waals surface area contributed by atoms with Gasteiger partial charge < -0.3 is 0 Å². The van der Waals surface area contributed by atoms with Crippen LogP contribution in [-0.4, -0.2) is 19.7 Å². The molecule has 0 fully saturated rings. The third-order valence-corrected chi connectivity index (χ3v) is 4.10. The Morgan fingerprint density at radius 2 is 2.20 bits per heavy atom. The number of hydrogen-bond acceptors (Lipinski definition) is 3. The molecule has 0 atom stereocenters. The van der Waals surface area contributed by atoms with E-state index in [0.717, 1.165) is 36.5 Å². The van der Waals surface area contributed by atoms with Gasteiger partial charge >= 0.3 is 0 Å². The quantitative estimate of drug-likeness (QED) is 0.880. The highest BCUT2D eigenvalue weighted by atomic mass is 32.1.